The van der Waals surface area contributed by atoms with Crippen LogP contribution in [0.15, 0.2) is 212 Å². The van der Waals surface area contributed by atoms with Gasteiger partial charge in [0.15, 0.2) is 0 Å². The number of para-hydroxylation sites is 5. The lowest BCUT2D eigenvalue weighted by Crippen LogP contribution is -2.59. The molecule has 6 heteroatoms. The van der Waals surface area contributed by atoms with Crippen molar-refractivity contribution in [2.75, 3.05) is 4.90 Å². The third kappa shape index (κ3) is 6.00. The molecule has 0 amide bonds. The molecule has 354 valence electrons. The van der Waals surface area contributed by atoms with Crippen molar-refractivity contribution in [1.29, 1.82) is 0 Å². The SMILES string of the molecule is CC(C)(C)c1ccc(N2c3cc(-n4c5ccccc5c5c6c(c7ccccc7n6-c6ccccc6)c6c(c7ccccc7n6-c6ccccc6)c54)ccc3B3c4cc(C(C)(C)C)ccc4Oc4cccc2c43)cc1. The van der Waals surface area contributed by atoms with Gasteiger partial charge in [-0.05, 0) is 123 Å². The predicted octanol–water partition coefficient (Wildman–Crippen LogP) is 16.0. The Kier molecular flexibility index (Phi) is 8.92. The van der Waals surface area contributed by atoms with Crippen molar-refractivity contribution in [3.05, 3.63) is 223 Å². The van der Waals surface area contributed by atoms with Crippen LogP contribution in [0.5, 0.6) is 11.5 Å². The Morgan fingerprint density at radius 2 is 0.824 bits per heavy atom. The summed E-state index contributed by atoms with van der Waals surface area (Å²) < 4.78 is 14.5. The van der Waals surface area contributed by atoms with Crippen molar-refractivity contribution in [1.82, 2.24) is 13.7 Å². The summed E-state index contributed by atoms with van der Waals surface area (Å²) in [6.07, 6.45) is 0. The smallest absolute Gasteiger partial charge is 0.256 e. The van der Waals surface area contributed by atoms with Gasteiger partial charge < -0.3 is 23.3 Å². The molecule has 13 aromatic rings. The normalized spacial score (nSPS) is 13.3. The van der Waals surface area contributed by atoms with E-state index >= 15 is 0 Å². The molecule has 0 fully saturated rings. The average Bonchev–Trinajstić information content (AvgIpc) is 4.16. The van der Waals surface area contributed by atoms with Crippen LogP contribution in [0.1, 0.15) is 52.7 Å². The second kappa shape index (κ2) is 15.4. The summed E-state index contributed by atoms with van der Waals surface area (Å²) in [6, 6.07) is 79.0. The van der Waals surface area contributed by atoms with Gasteiger partial charge in [-0.3, -0.25) is 0 Å². The zero-order chi connectivity index (χ0) is 49.8. The van der Waals surface area contributed by atoms with E-state index in [1.165, 1.54) is 87.4 Å². The van der Waals surface area contributed by atoms with Crippen molar-refractivity contribution in [3.8, 4) is 28.6 Å². The third-order valence-electron chi connectivity index (χ3n) is 16.2. The molecule has 3 aromatic heterocycles. The molecule has 0 bridgehead atoms. The van der Waals surface area contributed by atoms with Crippen molar-refractivity contribution >= 4 is 106 Å². The summed E-state index contributed by atoms with van der Waals surface area (Å²) >= 11 is 0. The zero-order valence-electron chi connectivity index (χ0n) is 42.5. The predicted molar refractivity (Wildman–Crippen MR) is 313 cm³/mol. The standard InChI is InChI=1S/C68H53BN4O/c1-67(2,3)42-32-35-46(36-33-42)70-56-30-19-31-59-63(56)69(52-40-43(68(4,5)6)34-39-58(52)74-59)51-38-37-47(41-57(51)70)73-55-29-18-15-26-50(55)62-65-60(48-24-13-16-27-53(48)71(65)44-20-9-7-10-21-44)64-61(66(62)73)49-25-14-17-28-54(49)72(64)45-22-11-8-12-23-45/h7-41H,1-6H3. The van der Waals surface area contributed by atoms with E-state index < -0.39 is 0 Å². The monoisotopic (exact) mass is 952 g/mol. The molecule has 5 nitrogen and oxygen atoms in total. The largest absolute Gasteiger partial charge is 0.458 e. The lowest BCUT2D eigenvalue weighted by molar-refractivity contribution is 0.486. The van der Waals surface area contributed by atoms with E-state index in [9.17, 15) is 0 Å². The van der Waals surface area contributed by atoms with Gasteiger partial charge in [-0.1, -0.05) is 169 Å². The van der Waals surface area contributed by atoms with Crippen molar-refractivity contribution < 1.29 is 4.74 Å². The summed E-state index contributed by atoms with van der Waals surface area (Å²) in [5.41, 5.74) is 20.1. The molecule has 0 radical (unpaired) electrons. The van der Waals surface area contributed by atoms with Crippen LogP contribution in [0.4, 0.5) is 17.1 Å². The number of aromatic nitrogens is 3. The van der Waals surface area contributed by atoms with Crippen molar-refractivity contribution in [3.63, 3.8) is 0 Å². The Labute approximate surface area is 431 Å². The van der Waals surface area contributed by atoms with Gasteiger partial charge >= 0.3 is 0 Å². The molecular weight excluding hydrogens is 900 g/mol. The summed E-state index contributed by atoms with van der Waals surface area (Å²) in [5.74, 6) is 1.83. The number of ether oxygens (including phenoxy) is 1. The van der Waals surface area contributed by atoms with E-state index in [1.807, 2.05) is 0 Å². The zero-order valence-corrected chi connectivity index (χ0v) is 42.5. The highest BCUT2D eigenvalue weighted by Crippen LogP contribution is 2.51. The first-order valence-corrected chi connectivity index (χ1v) is 26.1. The van der Waals surface area contributed by atoms with Crippen LogP contribution >= 0.6 is 0 Å². The molecule has 0 atom stereocenters. The first kappa shape index (κ1) is 42.9. The van der Waals surface area contributed by atoms with Crippen molar-refractivity contribution in [2.24, 2.45) is 0 Å². The Morgan fingerprint density at radius 1 is 0.351 bits per heavy atom. The molecule has 2 aliphatic rings. The van der Waals surface area contributed by atoms with Crippen LogP contribution in [0.25, 0.3) is 82.5 Å². The fourth-order valence-electron chi connectivity index (χ4n) is 12.8. The second-order valence-corrected chi connectivity index (χ2v) is 22.5. The minimum Gasteiger partial charge on any atom is -0.458 e. The maximum absolute atomic E-state index is 6.91. The van der Waals surface area contributed by atoms with Gasteiger partial charge in [0.2, 0.25) is 0 Å². The molecule has 2 aliphatic heterocycles. The van der Waals surface area contributed by atoms with Gasteiger partial charge in [0, 0.05) is 66.4 Å². The lowest BCUT2D eigenvalue weighted by Gasteiger charge is -2.40. The van der Waals surface area contributed by atoms with Crippen LogP contribution in [0, 0.1) is 0 Å². The highest BCUT2D eigenvalue weighted by Gasteiger charge is 2.43. The van der Waals surface area contributed by atoms with E-state index in [0.29, 0.717) is 0 Å². The number of hydrogen-bond acceptors (Lipinski definition) is 2. The molecule has 0 spiro atoms. The molecule has 0 N–H and O–H groups in total. The van der Waals surface area contributed by atoms with Crippen LogP contribution < -0.4 is 26.0 Å². The van der Waals surface area contributed by atoms with Crippen LogP contribution in [0.3, 0.4) is 0 Å². The molecule has 0 saturated heterocycles. The van der Waals surface area contributed by atoms with Gasteiger partial charge in [0.25, 0.3) is 6.71 Å². The second-order valence-electron chi connectivity index (χ2n) is 22.5. The van der Waals surface area contributed by atoms with E-state index in [1.54, 1.807) is 0 Å². The van der Waals surface area contributed by atoms with Gasteiger partial charge in [0.1, 0.15) is 11.5 Å². The number of benzene rings is 10. The van der Waals surface area contributed by atoms with E-state index in [4.69, 9.17) is 4.74 Å². The number of nitrogens with zero attached hydrogens (tertiary/aromatic N) is 4. The maximum atomic E-state index is 6.91. The number of rotatable bonds is 4. The quantitative estimate of drug-likeness (QED) is 0.164. The van der Waals surface area contributed by atoms with Crippen LogP contribution in [-0.4, -0.2) is 20.4 Å². The summed E-state index contributed by atoms with van der Waals surface area (Å²) in [7, 11) is 0. The minimum absolute atomic E-state index is 0.00790. The Morgan fingerprint density at radius 3 is 1.35 bits per heavy atom. The minimum atomic E-state index is -0.0451. The Balaban J connectivity index is 1.12. The fourth-order valence-corrected chi connectivity index (χ4v) is 12.8. The van der Waals surface area contributed by atoms with E-state index in [-0.39, 0.29) is 17.5 Å². The number of hydrogen-bond donors (Lipinski definition) is 0. The molecular formula is C68H53BN4O. The van der Waals surface area contributed by atoms with Gasteiger partial charge in [-0.25, -0.2) is 0 Å². The molecule has 15 rings (SSSR count). The first-order chi connectivity index (χ1) is 36.0. The Hall–Kier alpha value is -8.74. The van der Waals surface area contributed by atoms with E-state index in [0.717, 1.165) is 51.1 Å². The summed E-state index contributed by atoms with van der Waals surface area (Å²) in [5, 5.41) is 7.35. The molecule has 0 saturated carbocycles. The Bertz CT molecular complexity index is 4400. The summed E-state index contributed by atoms with van der Waals surface area (Å²) in [4.78, 5) is 2.50. The first-order valence-electron chi connectivity index (χ1n) is 26.1. The van der Waals surface area contributed by atoms with Gasteiger partial charge in [-0.15, -0.1) is 0 Å². The van der Waals surface area contributed by atoms with Crippen molar-refractivity contribution in [2.45, 2.75) is 52.4 Å². The van der Waals surface area contributed by atoms with Crippen LogP contribution in [0.2, 0.25) is 0 Å². The summed E-state index contributed by atoms with van der Waals surface area (Å²) in [6.45, 7) is 13.7. The van der Waals surface area contributed by atoms with Crippen LogP contribution in [-0.2, 0) is 10.8 Å². The highest BCUT2D eigenvalue weighted by molar-refractivity contribution is 6.99. The molecule has 5 heterocycles. The lowest BCUT2D eigenvalue weighted by atomic mass is 9.34. The fraction of sp³-hybridized carbons (Fsp3) is 0.118. The van der Waals surface area contributed by atoms with Gasteiger partial charge in [0.05, 0.1) is 33.1 Å². The average molecular weight is 953 g/mol. The molecule has 74 heavy (non-hydrogen) atoms. The molecule has 0 unspecified atom stereocenters. The maximum Gasteiger partial charge on any atom is 0.256 e. The topological polar surface area (TPSA) is 27.3 Å². The number of anilines is 3. The molecule has 10 aromatic carbocycles. The highest BCUT2D eigenvalue weighted by atomic mass is 16.5. The third-order valence-corrected chi connectivity index (χ3v) is 16.2. The van der Waals surface area contributed by atoms with E-state index in [2.05, 4.69) is 272 Å². The van der Waals surface area contributed by atoms with Gasteiger partial charge in [-0.2, -0.15) is 0 Å². The number of fused-ring (bicyclic) bond motifs is 16. The molecule has 0 aliphatic carbocycles.